The number of amides is 2. The first-order valence-corrected chi connectivity index (χ1v) is 10.7. The quantitative estimate of drug-likeness (QED) is 0.604. The van der Waals surface area contributed by atoms with Crippen molar-refractivity contribution in [3.05, 3.63) is 28.2 Å². The number of rotatable bonds is 7. The third-order valence-electron chi connectivity index (χ3n) is 6.24. The van der Waals surface area contributed by atoms with Crippen LogP contribution in [-0.2, 0) is 14.3 Å². The lowest BCUT2D eigenvalue weighted by molar-refractivity contribution is -0.156. The van der Waals surface area contributed by atoms with Gasteiger partial charge < -0.3 is 20.1 Å². The van der Waals surface area contributed by atoms with Crippen LogP contribution in [0.3, 0.4) is 0 Å². The van der Waals surface area contributed by atoms with Gasteiger partial charge in [-0.1, -0.05) is 23.2 Å². The van der Waals surface area contributed by atoms with Gasteiger partial charge in [0.15, 0.2) is 12.7 Å². The molecule has 1 aromatic carbocycles. The topological polar surface area (TPSA) is 88.7 Å². The fraction of sp³-hybridized carbons (Fsp3) is 0.600. The van der Waals surface area contributed by atoms with E-state index in [4.69, 9.17) is 32.7 Å². The van der Waals surface area contributed by atoms with Crippen LogP contribution in [0.25, 0.3) is 0 Å². The van der Waals surface area contributed by atoms with Gasteiger partial charge in [0.25, 0.3) is 11.8 Å². The molecule has 0 aromatic heterocycles. The van der Waals surface area contributed by atoms with Gasteiger partial charge in [-0.25, -0.2) is 0 Å². The molecule has 29 heavy (non-hydrogen) atoms. The molecule has 4 aliphatic carbocycles. The second-order valence-corrected chi connectivity index (χ2v) is 9.60. The summed E-state index contributed by atoms with van der Waals surface area (Å²) in [6.07, 6.45) is 4.20. The van der Waals surface area contributed by atoms with Crippen molar-refractivity contribution < 1.29 is 19.1 Å². The van der Waals surface area contributed by atoms with E-state index in [1.165, 1.54) is 12.8 Å². The van der Waals surface area contributed by atoms with Gasteiger partial charge in [-0.15, -0.1) is 0 Å². The van der Waals surface area contributed by atoms with E-state index in [0.29, 0.717) is 28.3 Å². The zero-order chi connectivity index (χ0) is 20.2. The maximum Gasteiger partial charge on any atom is 0.258 e. The molecule has 4 saturated carbocycles. The van der Waals surface area contributed by atoms with Gasteiger partial charge in [0.05, 0.1) is 10.0 Å². The molecule has 0 spiro atoms. The number of nitrogens with one attached hydrogen (secondary N) is 3. The summed E-state index contributed by atoms with van der Waals surface area (Å²) < 4.78 is 11.3. The molecular weight excluding hydrogens is 417 g/mol. The normalized spacial score (nSPS) is 34.7. The molecule has 2 unspecified atom stereocenters. The molecule has 6 rings (SSSR count). The maximum atomic E-state index is 12.5. The van der Waals surface area contributed by atoms with Crippen molar-refractivity contribution in [2.24, 2.45) is 5.92 Å². The van der Waals surface area contributed by atoms with Crippen molar-refractivity contribution >= 4 is 35.0 Å². The van der Waals surface area contributed by atoms with Gasteiger partial charge >= 0.3 is 0 Å². The lowest BCUT2D eigenvalue weighted by Gasteiger charge is -2.70. The van der Waals surface area contributed by atoms with Crippen molar-refractivity contribution in [3.8, 4) is 5.75 Å². The molecule has 1 aliphatic heterocycles. The minimum Gasteiger partial charge on any atom is -0.484 e. The first-order chi connectivity index (χ1) is 13.9. The molecule has 7 nitrogen and oxygen atoms in total. The van der Waals surface area contributed by atoms with E-state index in [9.17, 15) is 9.59 Å². The average Bonchev–Trinajstić information content (AvgIpc) is 3.36. The standard InChI is InChI=1S/C20H23Cl2N3O4/c21-13-4-3-12(5-14(13)22)28-7-16(26)24-19-8-20(9-19,10-19)25-17(27)15-6-23-18(29-15)11-1-2-11/h3-5,11,15,18,23H,1-2,6-10H2,(H,24,26)(H,25,27). The van der Waals surface area contributed by atoms with Gasteiger partial charge in [0, 0.05) is 23.7 Å². The smallest absolute Gasteiger partial charge is 0.258 e. The van der Waals surface area contributed by atoms with Crippen LogP contribution in [0.1, 0.15) is 32.1 Å². The van der Waals surface area contributed by atoms with E-state index >= 15 is 0 Å². The van der Waals surface area contributed by atoms with E-state index in [2.05, 4.69) is 16.0 Å². The van der Waals surface area contributed by atoms with Gasteiger partial charge in [0.1, 0.15) is 12.0 Å². The van der Waals surface area contributed by atoms with Crippen LogP contribution in [-0.4, -0.2) is 48.4 Å². The number of ether oxygens (including phenoxy) is 2. The minimum absolute atomic E-state index is 0.0277. The second kappa shape index (κ2) is 7.01. The Hall–Kier alpha value is -1.54. The predicted molar refractivity (Wildman–Crippen MR) is 107 cm³/mol. The van der Waals surface area contributed by atoms with Crippen molar-refractivity contribution in [2.45, 2.75) is 55.5 Å². The van der Waals surface area contributed by atoms with Crippen molar-refractivity contribution in [3.63, 3.8) is 0 Å². The van der Waals surface area contributed by atoms with E-state index < -0.39 is 6.10 Å². The molecule has 9 heteroatoms. The van der Waals surface area contributed by atoms with Gasteiger partial charge in [-0.3, -0.25) is 14.9 Å². The summed E-state index contributed by atoms with van der Waals surface area (Å²) >= 11 is 11.8. The number of halogens is 2. The third kappa shape index (κ3) is 3.81. The maximum absolute atomic E-state index is 12.5. The van der Waals surface area contributed by atoms with Crippen LogP contribution in [0.5, 0.6) is 5.75 Å². The number of benzene rings is 1. The number of hydrogen-bond donors (Lipinski definition) is 3. The Balaban J connectivity index is 1.05. The highest BCUT2D eigenvalue weighted by atomic mass is 35.5. The molecule has 156 valence electrons. The van der Waals surface area contributed by atoms with Gasteiger partial charge in [0.2, 0.25) is 0 Å². The van der Waals surface area contributed by atoms with Crippen molar-refractivity contribution in [2.75, 3.05) is 13.2 Å². The highest BCUT2D eigenvalue weighted by Crippen LogP contribution is 2.60. The molecule has 0 radical (unpaired) electrons. The fourth-order valence-electron chi connectivity index (χ4n) is 4.77. The molecular formula is C20H23Cl2N3O4. The van der Waals surface area contributed by atoms with Crippen molar-refractivity contribution in [1.82, 2.24) is 16.0 Å². The highest BCUT2D eigenvalue weighted by molar-refractivity contribution is 6.42. The number of carbonyl (C=O) groups is 2. The Morgan fingerprint density at radius 3 is 2.55 bits per heavy atom. The Bertz CT molecular complexity index is 840. The molecule has 2 bridgehead atoms. The fourth-order valence-corrected chi connectivity index (χ4v) is 5.06. The second-order valence-electron chi connectivity index (χ2n) is 8.78. The number of carbonyl (C=O) groups excluding carboxylic acids is 2. The molecule has 1 aromatic rings. The van der Waals surface area contributed by atoms with Crippen LogP contribution in [0.15, 0.2) is 18.2 Å². The van der Waals surface area contributed by atoms with E-state index in [1.807, 2.05) is 0 Å². The largest absolute Gasteiger partial charge is 0.484 e. The Labute approximate surface area is 178 Å². The summed E-state index contributed by atoms with van der Waals surface area (Å²) in [7, 11) is 0. The Morgan fingerprint density at radius 2 is 1.86 bits per heavy atom. The summed E-state index contributed by atoms with van der Waals surface area (Å²) in [6, 6.07) is 4.87. The SMILES string of the molecule is O=C(COc1ccc(Cl)c(Cl)c1)NC12CC(NC(=O)C3CNC(C4CC4)O3)(C1)C2. The summed E-state index contributed by atoms with van der Waals surface area (Å²) in [4.78, 5) is 24.7. The monoisotopic (exact) mass is 439 g/mol. The zero-order valence-corrected chi connectivity index (χ0v) is 17.3. The summed E-state index contributed by atoms with van der Waals surface area (Å²) in [6.45, 7) is 0.472. The molecule has 1 heterocycles. The van der Waals surface area contributed by atoms with Crippen LogP contribution in [0, 0.1) is 5.92 Å². The summed E-state index contributed by atoms with van der Waals surface area (Å²) in [5.41, 5.74) is -0.424. The zero-order valence-electron chi connectivity index (χ0n) is 15.8. The third-order valence-corrected chi connectivity index (χ3v) is 6.98. The minimum atomic E-state index is -0.417. The summed E-state index contributed by atoms with van der Waals surface area (Å²) in [5.74, 6) is 0.812. The van der Waals surface area contributed by atoms with Crippen LogP contribution < -0.4 is 20.7 Å². The van der Waals surface area contributed by atoms with E-state index in [-0.39, 0.29) is 35.7 Å². The predicted octanol–water partition coefficient (Wildman–Crippen LogP) is 2.00. The molecule has 5 fully saturated rings. The molecule has 2 amide bonds. The van der Waals surface area contributed by atoms with E-state index in [1.54, 1.807) is 18.2 Å². The molecule has 1 saturated heterocycles. The molecule has 5 aliphatic rings. The summed E-state index contributed by atoms with van der Waals surface area (Å²) in [5, 5.41) is 10.3. The first-order valence-electron chi connectivity index (χ1n) is 9.95. The average molecular weight is 440 g/mol. The lowest BCUT2D eigenvalue weighted by Crippen LogP contribution is -2.84. The molecule has 2 atom stereocenters. The lowest BCUT2D eigenvalue weighted by atomic mass is 9.44. The van der Waals surface area contributed by atoms with E-state index in [0.717, 1.165) is 19.3 Å². The van der Waals surface area contributed by atoms with Gasteiger partial charge in [-0.05, 0) is 50.2 Å². The number of hydrogen-bond acceptors (Lipinski definition) is 5. The van der Waals surface area contributed by atoms with Gasteiger partial charge in [-0.2, -0.15) is 0 Å². The molecule has 3 N–H and O–H groups in total. The van der Waals surface area contributed by atoms with Crippen LogP contribution >= 0.6 is 23.2 Å². The highest BCUT2D eigenvalue weighted by Gasteiger charge is 2.69. The van der Waals surface area contributed by atoms with Crippen LogP contribution in [0.4, 0.5) is 0 Å². The van der Waals surface area contributed by atoms with Crippen molar-refractivity contribution in [1.29, 1.82) is 0 Å². The first kappa shape index (κ1) is 19.4. The Kier molecular flexibility index (Phi) is 4.70. The Morgan fingerprint density at radius 1 is 1.14 bits per heavy atom. The van der Waals surface area contributed by atoms with Crippen LogP contribution in [0.2, 0.25) is 10.0 Å².